The molecule has 1 aliphatic heterocycles. The van der Waals surface area contributed by atoms with Crippen molar-refractivity contribution in [1.82, 2.24) is 0 Å². The van der Waals surface area contributed by atoms with Gasteiger partial charge in [0.25, 0.3) is 5.91 Å². The zero-order valence-electron chi connectivity index (χ0n) is 17.1. The Kier molecular flexibility index (Phi) is 5.92. The molecule has 29 heavy (non-hydrogen) atoms. The number of ether oxygens (including phenoxy) is 2. The summed E-state index contributed by atoms with van der Waals surface area (Å²) in [6, 6.07) is 12.1. The van der Waals surface area contributed by atoms with E-state index in [4.69, 9.17) is 9.47 Å². The lowest BCUT2D eigenvalue weighted by Gasteiger charge is -2.27. The number of amides is 1. The highest BCUT2D eigenvalue weighted by Crippen LogP contribution is 2.43. The summed E-state index contributed by atoms with van der Waals surface area (Å²) < 4.78 is 10.6. The Hall–Kier alpha value is -3.28. The zero-order chi connectivity index (χ0) is 21.1. The number of anilines is 1. The fourth-order valence-electron chi connectivity index (χ4n) is 3.57. The number of hydrogen-bond donors (Lipinski definition) is 1. The lowest BCUT2D eigenvalue weighted by molar-refractivity contribution is -0.118. The molecule has 1 unspecified atom stereocenters. The first-order valence-corrected chi connectivity index (χ1v) is 9.57. The fraction of sp³-hybridized carbons (Fsp3) is 0.304. The van der Waals surface area contributed by atoms with Gasteiger partial charge in [0.2, 0.25) is 0 Å². The monoisotopic (exact) mass is 395 g/mol. The van der Waals surface area contributed by atoms with Gasteiger partial charge in [-0.2, -0.15) is 0 Å². The molecular weight excluding hydrogens is 370 g/mol. The van der Waals surface area contributed by atoms with Crippen LogP contribution < -0.4 is 14.4 Å². The number of hydrogen-bond acceptors (Lipinski definition) is 5. The van der Waals surface area contributed by atoms with E-state index in [0.29, 0.717) is 17.2 Å². The highest BCUT2D eigenvalue weighted by Gasteiger charge is 2.44. The Bertz CT molecular complexity index is 962. The summed E-state index contributed by atoms with van der Waals surface area (Å²) in [5.74, 6) is -0.403. The van der Waals surface area contributed by atoms with Crippen molar-refractivity contribution in [2.75, 3.05) is 19.1 Å². The molecule has 2 aromatic carbocycles. The van der Waals surface area contributed by atoms with Crippen LogP contribution in [0.2, 0.25) is 0 Å². The number of carbonyl (C=O) groups excluding carboxylic acids is 2. The lowest BCUT2D eigenvalue weighted by atomic mass is 9.94. The van der Waals surface area contributed by atoms with E-state index in [-0.39, 0.29) is 17.8 Å². The summed E-state index contributed by atoms with van der Waals surface area (Å²) in [5, 5.41) is 10.6. The number of benzene rings is 2. The third-order valence-electron chi connectivity index (χ3n) is 5.18. The zero-order valence-corrected chi connectivity index (χ0v) is 17.1. The van der Waals surface area contributed by atoms with Gasteiger partial charge in [-0.25, -0.2) is 0 Å². The summed E-state index contributed by atoms with van der Waals surface area (Å²) in [6.07, 6.45) is 1.07. The Labute approximate surface area is 170 Å². The minimum atomic E-state index is -0.709. The molecule has 1 N–H and O–H groups in total. The Balaban J connectivity index is 2.16. The van der Waals surface area contributed by atoms with Gasteiger partial charge in [-0.05, 0) is 29.7 Å². The molecule has 6 nitrogen and oxygen atoms in total. The molecule has 0 spiro atoms. The van der Waals surface area contributed by atoms with Crippen molar-refractivity contribution >= 4 is 17.4 Å². The van der Waals surface area contributed by atoms with Gasteiger partial charge in [0.1, 0.15) is 0 Å². The molecule has 2 aromatic rings. The summed E-state index contributed by atoms with van der Waals surface area (Å²) in [7, 11) is 3.04. The van der Waals surface area contributed by atoms with Gasteiger partial charge in [0.15, 0.2) is 23.0 Å². The molecule has 1 aliphatic rings. The van der Waals surface area contributed by atoms with Gasteiger partial charge in [-0.1, -0.05) is 38.1 Å². The second-order valence-electron chi connectivity index (χ2n) is 6.75. The maximum Gasteiger partial charge on any atom is 0.294 e. The molecule has 0 aliphatic carbocycles. The van der Waals surface area contributed by atoms with Gasteiger partial charge >= 0.3 is 0 Å². The predicted molar refractivity (Wildman–Crippen MR) is 111 cm³/mol. The normalized spacial score (nSPS) is 16.3. The van der Waals surface area contributed by atoms with Crippen LogP contribution in [-0.2, 0) is 16.0 Å². The molecule has 0 radical (unpaired) electrons. The van der Waals surface area contributed by atoms with Crippen molar-refractivity contribution < 1.29 is 24.2 Å². The largest absolute Gasteiger partial charge is 0.503 e. The molecule has 1 amide bonds. The number of Topliss-reactive ketones (excluding diaryl/α,β-unsaturated/α-hetero) is 1. The van der Waals surface area contributed by atoms with Crippen LogP contribution in [0.1, 0.15) is 37.4 Å². The number of aryl methyl sites for hydroxylation is 1. The smallest absolute Gasteiger partial charge is 0.294 e. The van der Waals surface area contributed by atoms with Gasteiger partial charge in [-0.15, -0.1) is 0 Å². The molecule has 6 heteroatoms. The summed E-state index contributed by atoms with van der Waals surface area (Å²) in [5.41, 5.74) is 2.53. The molecule has 0 saturated carbocycles. The van der Waals surface area contributed by atoms with Crippen LogP contribution in [0.4, 0.5) is 5.69 Å². The van der Waals surface area contributed by atoms with Crippen LogP contribution in [0.3, 0.4) is 0 Å². The molecule has 1 atom stereocenters. The molecular formula is C23H25NO5. The quantitative estimate of drug-likeness (QED) is 0.762. The predicted octanol–water partition coefficient (Wildman–Crippen LogP) is 4.15. The van der Waals surface area contributed by atoms with Crippen molar-refractivity contribution in [3.05, 3.63) is 64.9 Å². The number of methoxy groups -OCH3 is 2. The molecule has 152 valence electrons. The Morgan fingerprint density at radius 3 is 2.24 bits per heavy atom. The van der Waals surface area contributed by atoms with Crippen LogP contribution in [-0.4, -0.2) is 31.0 Å². The van der Waals surface area contributed by atoms with E-state index in [1.807, 2.05) is 24.3 Å². The number of rotatable bonds is 7. The molecule has 1 heterocycles. The van der Waals surface area contributed by atoms with Crippen molar-refractivity contribution in [2.24, 2.45) is 0 Å². The highest BCUT2D eigenvalue weighted by atomic mass is 16.5. The molecule has 0 aromatic heterocycles. The number of aliphatic hydroxyl groups is 1. The number of carbonyl (C=O) groups is 2. The van der Waals surface area contributed by atoms with Crippen molar-refractivity contribution in [3.8, 4) is 11.5 Å². The SMILES string of the molecule is CCC(=O)C1=C(O)C(=O)N(c2ccc(OC)c(OC)c2)C1c1ccc(CC)cc1. The first-order chi connectivity index (χ1) is 14.0. The summed E-state index contributed by atoms with van der Waals surface area (Å²) in [4.78, 5) is 27.1. The topological polar surface area (TPSA) is 76.1 Å². The molecule has 3 rings (SSSR count). The third kappa shape index (κ3) is 3.58. The van der Waals surface area contributed by atoms with Gasteiger partial charge in [0, 0.05) is 18.2 Å². The lowest BCUT2D eigenvalue weighted by Crippen LogP contribution is -2.31. The second-order valence-corrected chi connectivity index (χ2v) is 6.75. The number of nitrogens with zero attached hydrogens (tertiary/aromatic N) is 1. The van der Waals surface area contributed by atoms with E-state index in [2.05, 4.69) is 6.92 Å². The van der Waals surface area contributed by atoms with Gasteiger partial charge in [0.05, 0.1) is 25.8 Å². The summed E-state index contributed by atoms with van der Waals surface area (Å²) in [6.45, 7) is 3.77. The average molecular weight is 395 g/mol. The van der Waals surface area contributed by atoms with Gasteiger partial charge < -0.3 is 14.6 Å². The van der Waals surface area contributed by atoms with E-state index >= 15 is 0 Å². The minimum Gasteiger partial charge on any atom is -0.503 e. The summed E-state index contributed by atoms with van der Waals surface area (Å²) >= 11 is 0. The van der Waals surface area contributed by atoms with E-state index in [9.17, 15) is 14.7 Å². The van der Waals surface area contributed by atoms with E-state index < -0.39 is 17.7 Å². The molecule has 0 saturated heterocycles. The minimum absolute atomic E-state index is 0.122. The van der Waals surface area contributed by atoms with Crippen molar-refractivity contribution in [1.29, 1.82) is 0 Å². The van der Waals surface area contributed by atoms with Gasteiger partial charge in [-0.3, -0.25) is 14.5 Å². The van der Waals surface area contributed by atoms with Crippen LogP contribution >= 0.6 is 0 Å². The third-order valence-corrected chi connectivity index (χ3v) is 5.18. The number of aliphatic hydroxyl groups excluding tert-OH is 1. The van der Waals surface area contributed by atoms with Crippen molar-refractivity contribution in [2.45, 2.75) is 32.7 Å². The van der Waals surface area contributed by atoms with Crippen LogP contribution in [0.25, 0.3) is 0 Å². The van der Waals surface area contributed by atoms with Crippen LogP contribution in [0.5, 0.6) is 11.5 Å². The standard InChI is InChI=1S/C23H25NO5/c1-5-14-7-9-15(10-8-14)21-20(17(25)6-2)22(26)23(27)24(21)16-11-12-18(28-3)19(13-16)29-4/h7-13,21,26H,5-6H2,1-4H3. The van der Waals surface area contributed by atoms with E-state index in [1.165, 1.54) is 19.1 Å². The van der Waals surface area contributed by atoms with Crippen LogP contribution in [0.15, 0.2) is 53.8 Å². The van der Waals surface area contributed by atoms with Crippen LogP contribution in [0, 0.1) is 0 Å². The molecule has 0 fully saturated rings. The maximum atomic E-state index is 13.0. The maximum absolute atomic E-state index is 13.0. The Morgan fingerprint density at radius 1 is 1.03 bits per heavy atom. The first-order valence-electron chi connectivity index (χ1n) is 9.57. The molecule has 0 bridgehead atoms. The second kappa shape index (κ2) is 8.39. The highest BCUT2D eigenvalue weighted by molar-refractivity contribution is 6.16. The van der Waals surface area contributed by atoms with E-state index in [0.717, 1.165) is 17.5 Å². The van der Waals surface area contributed by atoms with E-state index in [1.54, 1.807) is 25.1 Å². The Morgan fingerprint density at radius 2 is 1.69 bits per heavy atom. The first kappa shape index (κ1) is 20.5. The number of ketones is 1. The fourth-order valence-corrected chi connectivity index (χ4v) is 3.57. The van der Waals surface area contributed by atoms with Crippen molar-refractivity contribution in [3.63, 3.8) is 0 Å². The average Bonchev–Trinajstić information content (AvgIpc) is 3.03.